The fourth-order valence-corrected chi connectivity index (χ4v) is 0.607. The van der Waals surface area contributed by atoms with Crippen LogP contribution in [0, 0.1) is 0 Å². The van der Waals surface area contributed by atoms with Crippen LogP contribution < -0.4 is 0 Å². The zero-order valence-electron chi connectivity index (χ0n) is 6.08. The van der Waals surface area contributed by atoms with E-state index in [1.807, 2.05) is 19.1 Å². The SMILES string of the molecule is C=O.CCc1cccnc1. The molecule has 0 saturated carbocycles. The largest absolute Gasteiger partial charge is 0.307 e. The van der Waals surface area contributed by atoms with E-state index in [1.165, 1.54) is 5.56 Å². The lowest BCUT2D eigenvalue weighted by Gasteiger charge is -1.88. The normalized spacial score (nSPS) is 7.70. The second-order valence-electron chi connectivity index (χ2n) is 1.71. The number of pyridine rings is 1. The molecule has 1 aromatic heterocycles. The highest BCUT2D eigenvalue weighted by Crippen LogP contribution is 1.93. The molecule has 0 aliphatic rings. The quantitative estimate of drug-likeness (QED) is 0.586. The molecule has 2 nitrogen and oxygen atoms in total. The van der Waals surface area contributed by atoms with Gasteiger partial charge in [-0.3, -0.25) is 4.98 Å². The molecule has 0 aliphatic heterocycles. The zero-order chi connectivity index (χ0) is 7.82. The van der Waals surface area contributed by atoms with Crippen LogP contribution in [0.4, 0.5) is 0 Å². The summed E-state index contributed by atoms with van der Waals surface area (Å²) >= 11 is 0. The van der Waals surface area contributed by atoms with Crippen LogP contribution in [-0.2, 0) is 11.2 Å². The van der Waals surface area contributed by atoms with Crippen LogP contribution in [0.2, 0.25) is 0 Å². The highest BCUT2D eigenvalue weighted by molar-refractivity contribution is 5.11. The molecule has 0 aromatic carbocycles. The Morgan fingerprint density at radius 2 is 2.30 bits per heavy atom. The Morgan fingerprint density at radius 3 is 2.60 bits per heavy atom. The van der Waals surface area contributed by atoms with Gasteiger partial charge in [-0.25, -0.2) is 0 Å². The van der Waals surface area contributed by atoms with Gasteiger partial charge in [-0.05, 0) is 18.1 Å². The molecule has 1 aromatic rings. The van der Waals surface area contributed by atoms with Crippen molar-refractivity contribution < 1.29 is 4.79 Å². The van der Waals surface area contributed by atoms with E-state index in [9.17, 15) is 0 Å². The van der Waals surface area contributed by atoms with Crippen molar-refractivity contribution in [3.63, 3.8) is 0 Å². The average Bonchev–Trinajstić information content (AvgIpc) is 2.10. The molecule has 1 rings (SSSR count). The Bertz CT molecular complexity index is 162. The van der Waals surface area contributed by atoms with Gasteiger partial charge in [-0.2, -0.15) is 0 Å². The van der Waals surface area contributed by atoms with Crippen molar-refractivity contribution in [3.8, 4) is 0 Å². The van der Waals surface area contributed by atoms with Crippen LogP contribution in [0.15, 0.2) is 24.5 Å². The second-order valence-corrected chi connectivity index (χ2v) is 1.71. The minimum absolute atomic E-state index is 1.08. The Labute approximate surface area is 60.9 Å². The number of nitrogens with zero attached hydrogens (tertiary/aromatic N) is 1. The molecule has 0 fully saturated rings. The van der Waals surface area contributed by atoms with Crippen LogP contribution >= 0.6 is 0 Å². The smallest absolute Gasteiger partial charge is 0.106 e. The van der Waals surface area contributed by atoms with E-state index in [0.717, 1.165) is 6.42 Å². The molecule has 2 heteroatoms. The van der Waals surface area contributed by atoms with Crippen molar-refractivity contribution in [3.05, 3.63) is 30.1 Å². The first-order valence-electron chi connectivity index (χ1n) is 3.11. The monoisotopic (exact) mass is 137 g/mol. The van der Waals surface area contributed by atoms with Crippen molar-refractivity contribution >= 4 is 6.79 Å². The van der Waals surface area contributed by atoms with Gasteiger partial charge in [0.25, 0.3) is 0 Å². The van der Waals surface area contributed by atoms with E-state index < -0.39 is 0 Å². The van der Waals surface area contributed by atoms with Crippen molar-refractivity contribution in [2.45, 2.75) is 13.3 Å². The standard InChI is InChI=1S/C7H9N.CH2O/c1-2-7-4-3-5-8-6-7;1-2/h3-6H,2H2,1H3;1H2. The summed E-state index contributed by atoms with van der Waals surface area (Å²) in [5, 5.41) is 0. The second kappa shape index (κ2) is 5.95. The van der Waals surface area contributed by atoms with Crippen LogP contribution in [-0.4, -0.2) is 11.8 Å². The number of carbonyl (C=O) groups excluding carboxylic acids is 1. The molecule has 0 aliphatic carbocycles. The van der Waals surface area contributed by atoms with Gasteiger partial charge in [0.15, 0.2) is 0 Å². The summed E-state index contributed by atoms with van der Waals surface area (Å²) in [6.07, 6.45) is 4.76. The van der Waals surface area contributed by atoms with Gasteiger partial charge < -0.3 is 4.79 Å². The summed E-state index contributed by atoms with van der Waals surface area (Å²) in [6, 6.07) is 4.03. The first kappa shape index (κ1) is 8.82. The molecule has 0 atom stereocenters. The van der Waals surface area contributed by atoms with Crippen LogP contribution in [0.3, 0.4) is 0 Å². The van der Waals surface area contributed by atoms with Gasteiger partial charge in [0.1, 0.15) is 6.79 Å². The van der Waals surface area contributed by atoms with E-state index in [2.05, 4.69) is 18.0 Å². The summed E-state index contributed by atoms with van der Waals surface area (Å²) in [7, 11) is 0. The van der Waals surface area contributed by atoms with Crippen molar-refractivity contribution in [1.82, 2.24) is 4.98 Å². The van der Waals surface area contributed by atoms with Crippen molar-refractivity contribution in [2.75, 3.05) is 0 Å². The highest BCUT2D eigenvalue weighted by atomic mass is 16.1. The molecule has 10 heavy (non-hydrogen) atoms. The summed E-state index contributed by atoms with van der Waals surface area (Å²) in [4.78, 5) is 12.0. The van der Waals surface area contributed by atoms with Crippen LogP contribution in [0.1, 0.15) is 12.5 Å². The first-order chi connectivity index (χ1) is 4.93. The molecule has 1 heterocycles. The van der Waals surface area contributed by atoms with Crippen molar-refractivity contribution in [1.29, 1.82) is 0 Å². The topological polar surface area (TPSA) is 30.0 Å². The molecule has 0 amide bonds. The number of rotatable bonds is 1. The number of carbonyl (C=O) groups is 1. The lowest BCUT2D eigenvalue weighted by Crippen LogP contribution is -1.77. The average molecular weight is 137 g/mol. The third-order valence-corrected chi connectivity index (χ3v) is 1.13. The Balaban J connectivity index is 0.000000371. The maximum atomic E-state index is 8.00. The minimum atomic E-state index is 1.08. The predicted octanol–water partition coefficient (Wildman–Crippen LogP) is 1.46. The Morgan fingerprint density at radius 1 is 1.60 bits per heavy atom. The van der Waals surface area contributed by atoms with E-state index in [1.54, 1.807) is 6.20 Å². The fourth-order valence-electron chi connectivity index (χ4n) is 0.607. The third kappa shape index (κ3) is 2.97. The van der Waals surface area contributed by atoms with E-state index >= 15 is 0 Å². The van der Waals surface area contributed by atoms with Gasteiger partial charge in [0, 0.05) is 12.4 Å². The third-order valence-electron chi connectivity index (χ3n) is 1.13. The zero-order valence-corrected chi connectivity index (χ0v) is 6.08. The first-order valence-corrected chi connectivity index (χ1v) is 3.11. The molecule has 0 bridgehead atoms. The summed E-state index contributed by atoms with van der Waals surface area (Å²) < 4.78 is 0. The lowest BCUT2D eigenvalue weighted by molar-refractivity contribution is -0.0979. The molecule has 0 radical (unpaired) electrons. The summed E-state index contributed by atoms with van der Waals surface area (Å²) in [6.45, 7) is 4.12. The maximum Gasteiger partial charge on any atom is 0.106 e. The minimum Gasteiger partial charge on any atom is -0.307 e. The number of aromatic nitrogens is 1. The molecular formula is C8H11NO. The number of hydrogen-bond acceptors (Lipinski definition) is 2. The highest BCUT2D eigenvalue weighted by Gasteiger charge is 1.81. The number of hydrogen-bond donors (Lipinski definition) is 0. The number of aryl methyl sites for hydroxylation is 1. The van der Waals surface area contributed by atoms with Crippen molar-refractivity contribution in [2.24, 2.45) is 0 Å². The Kier molecular flexibility index (Phi) is 5.25. The van der Waals surface area contributed by atoms with Crippen LogP contribution in [0.5, 0.6) is 0 Å². The maximum absolute atomic E-state index is 8.00. The van der Waals surface area contributed by atoms with Gasteiger partial charge in [-0.15, -0.1) is 0 Å². The Hall–Kier alpha value is -1.18. The van der Waals surface area contributed by atoms with Gasteiger partial charge in [0.05, 0.1) is 0 Å². The molecule has 0 spiro atoms. The van der Waals surface area contributed by atoms with Crippen LogP contribution in [0.25, 0.3) is 0 Å². The molecule has 0 saturated heterocycles. The molecule has 0 unspecified atom stereocenters. The van der Waals surface area contributed by atoms with E-state index in [0.29, 0.717) is 0 Å². The molecular weight excluding hydrogens is 126 g/mol. The molecule has 54 valence electrons. The lowest BCUT2D eigenvalue weighted by atomic mass is 10.2. The van der Waals surface area contributed by atoms with E-state index in [-0.39, 0.29) is 0 Å². The summed E-state index contributed by atoms with van der Waals surface area (Å²) in [5.74, 6) is 0. The summed E-state index contributed by atoms with van der Waals surface area (Å²) in [5.41, 5.74) is 1.30. The van der Waals surface area contributed by atoms with Gasteiger partial charge >= 0.3 is 0 Å². The fraction of sp³-hybridized carbons (Fsp3) is 0.250. The molecule has 0 N–H and O–H groups in total. The van der Waals surface area contributed by atoms with Gasteiger partial charge in [-0.1, -0.05) is 13.0 Å². The predicted molar refractivity (Wildman–Crippen MR) is 40.7 cm³/mol. The van der Waals surface area contributed by atoms with E-state index in [4.69, 9.17) is 4.79 Å². The van der Waals surface area contributed by atoms with Gasteiger partial charge in [0.2, 0.25) is 0 Å².